The van der Waals surface area contributed by atoms with Crippen molar-refractivity contribution in [3.63, 3.8) is 0 Å². The molecule has 0 aromatic carbocycles. The third-order valence-electron chi connectivity index (χ3n) is 2.84. The molecule has 0 saturated carbocycles. The molecule has 3 heterocycles. The lowest BCUT2D eigenvalue weighted by molar-refractivity contribution is 0.193. The molecule has 1 aliphatic heterocycles. The van der Waals surface area contributed by atoms with Crippen molar-refractivity contribution in [2.75, 3.05) is 13.2 Å². The number of fused-ring (bicyclic) bond motifs is 1. The van der Waals surface area contributed by atoms with E-state index in [2.05, 4.69) is 4.98 Å². The Balaban J connectivity index is 2.11. The summed E-state index contributed by atoms with van der Waals surface area (Å²) in [6, 6.07) is 3.39. The summed E-state index contributed by atoms with van der Waals surface area (Å²) >= 11 is 0. The van der Waals surface area contributed by atoms with E-state index < -0.39 is 0 Å². The highest BCUT2D eigenvalue weighted by Crippen LogP contribution is 2.25. The van der Waals surface area contributed by atoms with Crippen LogP contribution in [0, 0.1) is 0 Å². The number of nitrogens with zero attached hydrogens (tertiary/aromatic N) is 2. The molecule has 0 bridgehead atoms. The molecular weight excluding hydrogens is 192 g/mol. The summed E-state index contributed by atoms with van der Waals surface area (Å²) in [5.41, 5.74) is 0.928. The number of hydrogen-bond acceptors (Lipinski definition) is 3. The molecule has 1 N–H and O–H groups in total. The minimum atomic E-state index is 0.275. The molecule has 0 aliphatic carbocycles. The Labute approximate surface area is 87.1 Å². The molecule has 1 unspecified atom stereocenters. The summed E-state index contributed by atoms with van der Waals surface area (Å²) in [4.78, 5) is 4.39. The Kier molecular flexibility index (Phi) is 1.89. The van der Waals surface area contributed by atoms with Crippen LogP contribution in [0.25, 0.3) is 5.52 Å². The van der Waals surface area contributed by atoms with Gasteiger partial charge in [-0.1, -0.05) is 0 Å². The van der Waals surface area contributed by atoms with Gasteiger partial charge < -0.3 is 14.2 Å². The van der Waals surface area contributed by atoms with Crippen LogP contribution < -0.4 is 0 Å². The van der Waals surface area contributed by atoms with Gasteiger partial charge in [0.1, 0.15) is 11.6 Å². The highest BCUT2D eigenvalue weighted by Gasteiger charge is 2.21. The minimum absolute atomic E-state index is 0.275. The zero-order valence-electron chi connectivity index (χ0n) is 8.26. The Morgan fingerprint density at radius 2 is 2.47 bits per heavy atom. The first-order valence-electron chi connectivity index (χ1n) is 5.08. The molecule has 0 radical (unpaired) electrons. The molecule has 1 fully saturated rings. The van der Waals surface area contributed by atoms with Gasteiger partial charge in [0.2, 0.25) is 0 Å². The van der Waals surface area contributed by atoms with Crippen molar-refractivity contribution in [3.05, 3.63) is 30.4 Å². The van der Waals surface area contributed by atoms with E-state index in [0.717, 1.165) is 31.0 Å². The van der Waals surface area contributed by atoms with Crippen LogP contribution in [0.15, 0.2) is 24.5 Å². The fourth-order valence-electron chi connectivity index (χ4n) is 2.05. The third kappa shape index (κ3) is 1.37. The molecule has 78 valence electrons. The van der Waals surface area contributed by atoms with Crippen LogP contribution in [0.1, 0.15) is 18.2 Å². The predicted octanol–water partition coefficient (Wildman–Crippen LogP) is 1.54. The standard InChI is InChI=1S/C11H12N2O2/c14-10-1-3-13-9(5-10)6-12-11(13)8-2-4-15-7-8/h1,3,5-6,8,14H,2,4,7H2. The van der Waals surface area contributed by atoms with Crippen molar-refractivity contribution in [1.82, 2.24) is 9.38 Å². The second-order valence-corrected chi connectivity index (χ2v) is 3.86. The molecular formula is C11H12N2O2. The molecule has 2 aromatic rings. The van der Waals surface area contributed by atoms with Crippen LogP contribution in [-0.4, -0.2) is 27.7 Å². The number of pyridine rings is 1. The van der Waals surface area contributed by atoms with E-state index in [-0.39, 0.29) is 5.75 Å². The van der Waals surface area contributed by atoms with Crippen molar-refractivity contribution >= 4 is 5.52 Å². The Hall–Kier alpha value is -1.55. The Morgan fingerprint density at radius 1 is 1.53 bits per heavy atom. The highest BCUT2D eigenvalue weighted by atomic mass is 16.5. The number of aromatic hydroxyl groups is 1. The maximum absolute atomic E-state index is 9.34. The van der Waals surface area contributed by atoms with Gasteiger partial charge in [0.05, 0.1) is 18.3 Å². The third-order valence-corrected chi connectivity index (χ3v) is 2.84. The van der Waals surface area contributed by atoms with Crippen molar-refractivity contribution in [2.24, 2.45) is 0 Å². The zero-order valence-corrected chi connectivity index (χ0v) is 8.26. The van der Waals surface area contributed by atoms with Crippen molar-refractivity contribution < 1.29 is 9.84 Å². The van der Waals surface area contributed by atoms with Gasteiger partial charge in [-0.3, -0.25) is 0 Å². The van der Waals surface area contributed by atoms with Gasteiger partial charge in [0.15, 0.2) is 0 Å². The van der Waals surface area contributed by atoms with E-state index in [1.165, 1.54) is 0 Å². The maximum atomic E-state index is 9.34. The van der Waals surface area contributed by atoms with E-state index in [1.54, 1.807) is 18.3 Å². The van der Waals surface area contributed by atoms with Crippen LogP contribution in [-0.2, 0) is 4.74 Å². The lowest BCUT2D eigenvalue weighted by Crippen LogP contribution is -2.03. The van der Waals surface area contributed by atoms with Crippen molar-refractivity contribution in [2.45, 2.75) is 12.3 Å². The molecule has 1 saturated heterocycles. The van der Waals surface area contributed by atoms with E-state index in [0.29, 0.717) is 5.92 Å². The molecule has 4 heteroatoms. The molecule has 3 rings (SSSR count). The number of imidazole rings is 1. The monoisotopic (exact) mass is 204 g/mol. The second-order valence-electron chi connectivity index (χ2n) is 3.86. The van der Waals surface area contributed by atoms with Gasteiger partial charge in [0, 0.05) is 24.8 Å². The lowest BCUT2D eigenvalue weighted by atomic mass is 10.1. The molecule has 0 amide bonds. The van der Waals surface area contributed by atoms with Gasteiger partial charge in [0.25, 0.3) is 0 Å². The second kappa shape index (κ2) is 3.24. The SMILES string of the molecule is Oc1ccn2c(C3CCOC3)ncc2c1. The maximum Gasteiger partial charge on any atom is 0.119 e. The number of hydrogen-bond donors (Lipinski definition) is 1. The van der Waals surface area contributed by atoms with Gasteiger partial charge in [-0.25, -0.2) is 4.98 Å². The van der Waals surface area contributed by atoms with Gasteiger partial charge in [-0.2, -0.15) is 0 Å². The van der Waals surface area contributed by atoms with Crippen LogP contribution >= 0.6 is 0 Å². The van der Waals surface area contributed by atoms with E-state index in [4.69, 9.17) is 4.74 Å². The van der Waals surface area contributed by atoms with Crippen LogP contribution in [0.5, 0.6) is 5.75 Å². The van der Waals surface area contributed by atoms with Crippen molar-refractivity contribution in [3.8, 4) is 5.75 Å². The Bertz CT molecular complexity index is 486. The molecule has 0 spiro atoms. The number of rotatable bonds is 1. The summed E-state index contributed by atoms with van der Waals surface area (Å²) in [6.45, 7) is 1.57. The first kappa shape index (κ1) is 8.73. The van der Waals surface area contributed by atoms with Crippen LogP contribution in [0.2, 0.25) is 0 Å². The highest BCUT2D eigenvalue weighted by molar-refractivity contribution is 5.50. The minimum Gasteiger partial charge on any atom is -0.508 e. The largest absolute Gasteiger partial charge is 0.508 e. The van der Waals surface area contributed by atoms with Crippen LogP contribution in [0.4, 0.5) is 0 Å². The van der Waals surface area contributed by atoms with Gasteiger partial charge in [-0.05, 0) is 12.5 Å². The molecule has 2 aromatic heterocycles. The summed E-state index contributed by atoms with van der Waals surface area (Å²) in [5.74, 6) is 1.69. The summed E-state index contributed by atoms with van der Waals surface area (Å²) < 4.78 is 7.36. The van der Waals surface area contributed by atoms with Crippen molar-refractivity contribution in [1.29, 1.82) is 0 Å². The molecule has 15 heavy (non-hydrogen) atoms. The Morgan fingerprint density at radius 3 is 3.27 bits per heavy atom. The number of ether oxygens (including phenoxy) is 1. The summed E-state index contributed by atoms with van der Waals surface area (Å²) in [6.07, 6.45) is 4.67. The normalized spacial score (nSPS) is 21.2. The quantitative estimate of drug-likeness (QED) is 0.766. The van der Waals surface area contributed by atoms with Gasteiger partial charge >= 0.3 is 0 Å². The summed E-state index contributed by atoms with van der Waals surface area (Å²) in [5, 5.41) is 9.34. The average molecular weight is 204 g/mol. The van der Waals surface area contributed by atoms with Gasteiger partial charge in [-0.15, -0.1) is 0 Å². The fourth-order valence-corrected chi connectivity index (χ4v) is 2.05. The smallest absolute Gasteiger partial charge is 0.119 e. The summed E-state index contributed by atoms with van der Waals surface area (Å²) in [7, 11) is 0. The molecule has 1 aliphatic rings. The number of aromatic nitrogens is 2. The first-order chi connectivity index (χ1) is 7.34. The van der Waals surface area contributed by atoms with E-state index in [1.807, 2.05) is 10.6 Å². The predicted molar refractivity (Wildman–Crippen MR) is 55.0 cm³/mol. The topological polar surface area (TPSA) is 46.8 Å². The van der Waals surface area contributed by atoms with E-state index in [9.17, 15) is 5.11 Å². The molecule has 1 atom stereocenters. The van der Waals surface area contributed by atoms with E-state index >= 15 is 0 Å². The molecule has 4 nitrogen and oxygen atoms in total. The zero-order chi connectivity index (χ0) is 10.3. The fraction of sp³-hybridized carbons (Fsp3) is 0.364. The first-order valence-corrected chi connectivity index (χ1v) is 5.08. The van der Waals surface area contributed by atoms with Crippen LogP contribution in [0.3, 0.4) is 0 Å². The average Bonchev–Trinajstić information content (AvgIpc) is 2.82. The lowest BCUT2D eigenvalue weighted by Gasteiger charge is -2.06.